The summed E-state index contributed by atoms with van der Waals surface area (Å²) in [6.07, 6.45) is 1.49. The summed E-state index contributed by atoms with van der Waals surface area (Å²) in [7, 11) is 0. The maximum absolute atomic E-state index is 12.3. The summed E-state index contributed by atoms with van der Waals surface area (Å²) in [6.45, 7) is 0.976. The maximum atomic E-state index is 12.3. The van der Waals surface area contributed by atoms with Gasteiger partial charge in [0, 0.05) is 0 Å². The number of rotatable bonds is 3. The van der Waals surface area contributed by atoms with E-state index in [4.69, 9.17) is 21.1 Å². The highest BCUT2D eigenvalue weighted by molar-refractivity contribution is 6.34. The largest absolute Gasteiger partial charge is 0.486 e. The molecule has 0 aromatic heterocycles. The predicted octanol–water partition coefficient (Wildman–Crippen LogP) is 3.66. The van der Waals surface area contributed by atoms with Crippen molar-refractivity contribution in [2.75, 3.05) is 18.5 Å². The van der Waals surface area contributed by atoms with Crippen molar-refractivity contribution >= 4 is 29.3 Å². The average molecular weight is 341 g/mol. The summed E-state index contributed by atoms with van der Waals surface area (Å²) in [4.78, 5) is 12.3. The number of carbonyl (C=O) groups is 1. The van der Waals surface area contributed by atoms with E-state index in [-0.39, 0.29) is 5.57 Å². The Kier molecular flexibility index (Phi) is 4.69. The van der Waals surface area contributed by atoms with Crippen molar-refractivity contribution in [2.45, 2.75) is 0 Å². The summed E-state index contributed by atoms with van der Waals surface area (Å²) < 4.78 is 10.9. The molecule has 3 rings (SSSR count). The summed E-state index contributed by atoms with van der Waals surface area (Å²) in [5.41, 5.74) is 1.09. The minimum Gasteiger partial charge on any atom is -0.486 e. The number of hydrogen-bond acceptors (Lipinski definition) is 4. The van der Waals surface area contributed by atoms with Crippen LogP contribution in [0.25, 0.3) is 6.08 Å². The molecule has 2 aromatic rings. The van der Waals surface area contributed by atoms with Crippen LogP contribution in [0, 0.1) is 11.3 Å². The van der Waals surface area contributed by atoms with Crippen LogP contribution in [0.15, 0.2) is 48.0 Å². The van der Waals surface area contributed by atoms with Gasteiger partial charge < -0.3 is 14.8 Å². The number of carbonyl (C=O) groups excluding carboxylic acids is 1. The molecule has 0 spiro atoms. The predicted molar refractivity (Wildman–Crippen MR) is 91.1 cm³/mol. The molecule has 1 N–H and O–H groups in total. The summed E-state index contributed by atoms with van der Waals surface area (Å²) >= 11 is 6.01. The van der Waals surface area contributed by atoms with Gasteiger partial charge in [-0.15, -0.1) is 0 Å². The maximum Gasteiger partial charge on any atom is 0.266 e. The van der Waals surface area contributed by atoms with Crippen molar-refractivity contribution < 1.29 is 14.3 Å². The van der Waals surface area contributed by atoms with Gasteiger partial charge in [0.1, 0.15) is 24.9 Å². The molecule has 1 aliphatic heterocycles. The number of ether oxygens (including phenoxy) is 2. The quantitative estimate of drug-likeness (QED) is 0.683. The van der Waals surface area contributed by atoms with E-state index in [0.29, 0.717) is 41.0 Å². The lowest BCUT2D eigenvalue weighted by Crippen LogP contribution is -2.15. The number of benzene rings is 2. The van der Waals surface area contributed by atoms with Crippen LogP contribution in [0.1, 0.15) is 5.56 Å². The van der Waals surface area contributed by atoms with Crippen LogP contribution in [0.5, 0.6) is 11.5 Å². The molecular weight excluding hydrogens is 328 g/mol. The Labute approximate surface area is 144 Å². The number of para-hydroxylation sites is 1. The van der Waals surface area contributed by atoms with Gasteiger partial charge >= 0.3 is 0 Å². The fourth-order valence-corrected chi connectivity index (χ4v) is 2.40. The third-order valence-electron chi connectivity index (χ3n) is 3.36. The normalized spacial score (nSPS) is 13.1. The highest BCUT2D eigenvalue weighted by Gasteiger charge is 2.14. The molecule has 0 saturated heterocycles. The third-order valence-corrected chi connectivity index (χ3v) is 3.69. The van der Waals surface area contributed by atoms with Gasteiger partial charge in [0.2, 0.25) is 0 Å². The highest BCUT2D eigenvalue weighted by Crippen LogP contribution is 2.31. The van der Waals surface area contributed by atoms with Crippen molar-refractivity contribution in [3.63, 3.8) is 0 Å². The van der Waals surface area contributed by atoms with Crippen molar-refractivity contribution in [3.05, 3.63) is 58.6 Å². The first-order chi connectivity index (χ1) is 11.7. The first-order valence-corrected chi connectivity index (χ1v) is 7.62. The molecule has 0 aliphatic carbocycles. The Morgan fingerprint density at radius 3 is 2.67 bits per heavy atom. The van der Waals surface area contributed by atoms with Crippen LogP contribution in [-0.2, 0) is 4.79 Å². The summed E-state index contributed by atoms with van der Waals surface area (Å²) in [5.74, 6) is 0.719. The molecule has 5 nitrogen and oxygen atoms in total. The number of halogens is 1. The van der Waals surface area contributed by atoms with E-state index in [2.05, 4.69) is 5.32 Å². The Morgan fingerprint density at radius 1 is 1.17 bits per heavy atom. The number of fused-ring (bicyclic) bond motifs is 1. The zero-order valence-corrected chi connectivity index (χ0v) is 13.3. The van der Waals surface area contributed by atoms with Gasteiger partial charge in [-0.2, -0.15) is 5.26 Å². The topological polar surface area (TPSA) is 71.3 Å². The van der Waals surface area contributed by atoms with Gasteiger partial charge in [0.15, 0.2) is 11.5 Å². The second-order valence-corrected chi connectivity index (χ2v) is 5.41. The number of amides is 1. The van der Waals surface area contributed by atoms with Gasteiger partial charge in [-0.05, 0) is 35.9 Å². The first kappa shape index (κ1) is 15.9. The zero-order chi connectivity index (χ0) is 16.9. The fourth-order valence-electron chi connectivity index (χ4n) is 2.22. The Bertz CT molecular complexity index is 856. The SMILES string of the molecule is N#CC(=Cc1ccc2c(c1)OCCO2)C(=O)Nc1ccccc1Cl. The van der Waals surface area contributed by atoms with Gasteiger partial charge in [0.05, 0.1) is 10.7 Å². The van der Waals surface area contributed by atoms with E-state index in [1.165, 1.54) is 6.08 Å². The molecule has 1 aliphatic rings. The van der Waals surface area contributed by atoms with Gasteiger partial charge in [-0.1, -0.05) is 29.8 Å². The summed E-state index contributed by atoms with van der Waals surface area (Å²) in [6, 6.07) is 14.0. The second-order valence-electron chi connectivity index (χ2n) is 5.01. The minimum absolute atomic E-state index is 0.0356. The monoisotopic (exact) mass is 340 g/mol. The summed E-state index contributed by atoms with van der Waals surface area (Å²) in [5, 5.41) is 12.3. The number of nitrogens with zero attached hydrogens (tertiary/aromatic N) is 1. The average Bonchev–Trinajstić information content (AvgIpc) is 2.61. The standard InChI is InChI=1S/C18H13ClN2O3/c19-14-3-1-2-4-15(14)21-18(22)13(11-20)9-12-5-6-16-17(10-12)24-8-7-23-16/h1-6,9-10H,7-8H2,(H,21,22). The van der Waals surface area contributed by atoms with Crippen molar-refractivity contribution in [2.24, 2.45) is 0 Å². The molecule has 2 aromatic carbocycles. The molecule has 1 amide bonds. The van der Waals surface area contributed by atoms with E-state index >= 15 is 0 Å². The Hall–Kier alpha value is -2.97. The Balaban J connectivity index is 1.83. The van der Waals surface area contributed by atoms with Gasteiger partial charge in [-0.3, -0.25) is 4.79 Å². The highest BCUT2D eigenvalue weighted by atomic mass is 35.5. The lowest BCUT2D eigenvalue weighted by atomic mass is 10.1. The molecule has 0 saturated carbocycles. The second kappa shape index (κ2) is 7.07. The van der Waals surface area contributed by atoms with E-state index in [1.54, 1.807) is 42.5 Å². The molecule has 1 heterocycles. The minimum atomic E-state index is -0.527. The van der Waals surface area contributed by atoms with E-state index < -0.39 is 5.91 Å². The molecule has 120 valence electrons. The molecule has 0 bridgehead atoms. The Morgan fingerprint density at radius 2 is 1.92 bits per heavy atom. The van der Waals surface area contributed by atoms with E-state index in [1.807, 2.05) is 6.07 Å². The first-order valence-electron chi connectivity index (χ1n) is 7.25. The number of anilines is 1. The number of nitriles is 1. The molecule has 0 fully saturated rings. The van der Waals surface area contributed by atoms with Crippen LogP contribution in [-0.4, -0.2) is 19.1 Å². The number of hydrogen-bond donors (Lipinski definition) is 1. The van der Waals surface area contributed by atoms with E-state index in [0.717, 1.165) is 0 Å². The molecule has 0 radical (unpaired) electrons. The molecular formula is C18H13ClN2O3. The molecule has 6 heteroatoms. The van der Waals surface area contributed by atoms with Crippen molar-refractivity contribution in [1.29, 1.82) is 5.26 Å². The van der Waals surface area contributed by atoms with Crippen LogP contribution >= 0.6 is 11.6 Å². The third kappa shape index (κ3) is 3.50. The van der Waals surface area contributed by atoms with Gasteiger partial charge in [-0.25, -0.2) is 0 Å². The molecule has 0 atom stereocenters. The van der Waals surface area contributed by atoms with Gasteiger partial charge in [0.25, 0.3) is 5.91 Å². The van der Waals surface area contributed by atoms with Crippen molar-refractivity contribution in [1.82, 2.24) is 0 Å². The lowest BCUT2D eigenvalue weighted by Gasteiger charge is -2.18. The van der Waals surface area contributed by atoms with Crippen LogP contribution in [0.3, 0.4) is 0 Å². The zero-order valence-electron chi connectivity index (χ0n) is 12.6. The van der Waals surface area contributed by atoms with Crippen LogP contribution in [0.2, 0.25) is 5.02 Å². The fraction of sp³-hybridized carbons (Fsp3) is 0.111. The van der Waals surface area contributed by atoms with Crippen molar-refractivity contribution in [3.8, 4) is 17.6 Å². The van der Waals surface area contributed by atoms with Crippen LogP contribution in [0.4, 0.5) is 5.69 Å². The molecule has 0 unspecified atom stereocenters. The smallest absolute Gasteiger partial charge is 0.266 e. The molecule has 24 heavy (non-hydrogen) atoms. The van der Waals surface area contributed by atoms with Crippen LogP contribution < -0.4 is 14.8 Å². The lowest BCUT2D eigenvalue weighted by molar-refractivity contribution is -0.112. The van der Waals surface area contributed by atoms with E-state index in [9.17, 15) is 10.1 Å². The number of nitrogens with one attached hydrogen (secondary N) is 1.